The summed E-state index contributed by atoms with van der Waals surface area (Å²) in [6, 6.07) is 13.6. The normalized spacial score (nSPS) is 10.6. The van der Waals surface area contributed by atoms with Gasteiger partial charge in [0.25, 0.3) is 0 Å². The maximum atomic E-state index is 5.71. The molecule has 0 atom stereocenters. The van der Waals surface area contributed by atoms with Crippen molar-refractivity contribution in [1.82, 2.24) is 15.0 Å². The summed E-state index contributed by atoms with van der Waals surface area (Å²) in [5.41, 5.74) is 0. The lowest BCUT2D eigenvalue weighted by Gasteiger charge is -2.07. The highest BCUT2D eigenvalue weighted by atomic mass is 35.5. The molecule has 0 spiro atoms. The van der Waals surface area contributed by atoms with Gasteiger partial charge >= 0.3 is 6.01 Å². The zero-order chi connectivity index (χ0) is 13.2. The Balaban J connectivity index is 2.05. The molecule has 0 amide bonds. The fourth-order valence-electron chi connectivity index (χ4n) is 1.74. The summed E-state index contributed by atoms with van der Waals surface area (Å²) in [4.78, 5) is 11.4. The first-order chi connectivity index (χ1) is 9.22. The SMILES string of the molecule is Clc1nc(Cl)nc(Oc2cccc3ccccc23)n1. The molecule has 0 aliphatic rings. The van der Waals surface area contributed by atoms with Crippen LogP contribution < -0.4 is 4.74 Å². The lowest BCUT2D eigenvalue weighted by atomic mass is 10.1. The summed E-state index contributed by atoms with van der Waals surface area (Å²) in [6.07, 6.45) is 0. The van der Waals surface area contributed by atoms with Crippen LogP contribution in [0.2, 0.25) is 10.6 Å². The van der Waals surface area contributed by atoms with Crippen LogP contribution in [-0.2, 0) is 0 Å². The van der Waals surface area contributed by atoms with Crippen molar-refractivity contribution in [2.75, 3.05) is 0 Å². The minimum absolute atomic E-state index is 0.00441. The standard InChI is InChI=1S/C13H7Cl2N3O/c14-11-16-12(15)18-13(17-11)19-10-7-3-5-8-4-1-2-6-9(8)10/h1-7H. The molecule has 0 saturated carbocycles. The molecule has 4 nitrogen and oxygen atoms in total. The molecule has 2 aromatic carbocycles. The molecule has 0 bridgehead atoms. The van der Waals surface area contributed by atoms with E-state index in [1.165, 1.54) is 0 Å². The third-order valence-electron chi connectivity index (χ3n) is 2.51. The second-order valence-corrected chi connectivity index (χ2v) is 4.41. The molecule has 0 radical (unpaired) electrons. The largest absolute Gasteiger partial charge is 0.423 e. The van der Waals surface area contributed by atoms with Crippen LogP contribution in [0.15, 0.2) is 42.5 Å². The van der Waals surface area contributed by atoms with Gasteiger partial charge in [-0.3, -0.25) is 0 Å². The summed E-state index contributed by atoms with van der Waals surface area (Å²) in [7, 11) is 0. The molecule has 3 aromatic rings. The molecule has 0 fully saturated rings. The monoisotopic (exact) mass is 291 g/mol. The van der Waals surface area contributed by atoms with Crippen molar-refractivity contribution < 1.29 is 4.74 Å². The third kappa shape index (κ3) is 2.59. The molecule has 0 aliphatic heterocycles. The number of benzene rings is 2. The van der Waals surface area contributed by atoms with E-state index >= 15 is 0 Å². The molecule has 19 heavy (non-hydrogen) atoms. The Hall–Kier alpha value is -1.91. The van der Waals surface area contributed by atoms with Crippen LogP contribution in [0.3, 0.4) is 0 Å². The molecule has 6 heteroatoms. The van der Waals surface area contributed by atoms with E-state index < -0.39 is 0 Å². The van der Waals surface area contributed by atoms with Gasteiger partial charge < -0.3 is 4.74 Å². The first-order valence-electron chi connectivity index (χ1n) is 5.45. The number of aromatic nitrogens is 3. The maximum absolute atomic E-state index is 5.71. The zero-order valence-corrected chi connectivity index (χ0v) is 11.1. The highest BCUT2D eigenvalue weighted by molar-refractivity contribution is 6.31. The summed E-state index contributed by atoms with van der Waals surface area (Å²) in [5, 5.41) is 2.01. The van der Waals surface area contributed by atoms with E-state index in [0.29, 0.717) is 5.75 Å². The van der Waals surface area contributed by atoms with Crippen LogP contribution in [0.25, 0.3) is 10.8 Å². The topological polar surface area (TPSA) is 47.9 Å². The Morgan fingerprint density at radius 2 is 1.47 bits per heavy atom. The van der Waals surface area contributed by atoms with Crippen LogP contribution in [0, 0.1) is 0 Å². The van der Waals surface area contributed by atoms with E-state index in [4.69, 9.17) is 27.9 Å². The molecular formula is C13H7Cl2N3O. The summed E-state index contributed by atoms with van der Waals surface area (Å²) < 4.78 is 5.62. The smallest absolute Gasteiger partial charge is 0.327 e. The Labute approximate surface area is 119 Å². The van der Waals surface area contributed by atoms with Gasteiger partial charge in [-0.1, -0.05) is 36.4 Å². The predicted molar refractivity (Wildman–Crippen MR) is 73.9 cm³/mol. The highest BCUT2D eigenvalue weighted by Crippen LogP contribution is 2.28. The second-order valence-electron chi connectivity index (χ2n) is 3.74. The van der Waals surface area contributed by atoms with E-state index in [-0.39, 0.29) is 16.6 Å². The van der Waals surface area contributed by atoms with E-state index in [9.17, 15) is 0 Å². The van der Waals surface area contributed by atoms with Crippen molar-refractivity contribution in [3.05, 3.63) is 53.0 Å². The van der Waals surface area contributed by atoms with Gasteiger partial charge in [-0.15, -0.1) is 0 Å². The number of halogens is 2. The van der Waals surface area contributed by atoms with Crippen molar-refractivity contribution in [2.45, 2.75) is 0 Å². The van der Waals surface area contributed by atoms with Gasteiger partial charge in [-0.2, -0.15) is 15.0 Å². The molecule has 1 heterocycles. The van der Waals surface area contributed by atoms with E-state index in [2.05, 4.69) is 15.0 Å². The Bertz CT molecular complexity index is 723. The van der Waals surface area contributed by atoms with Crippen LogP contribution in [-0.4, -0.2) is 15.0 Å². The minimum Gasteiger partial charge on any atom is -0.423 e. The fraction of sp³-hybridized carbons (Fsp3) is 0. The zero-order valence-electron chi connectivity index (χ0n) is 9.55. The Kier molecular flexibility index (Phi) is 3.19. The van der Waals surface area contributed by atoms with E-state index in [0.717, 1.165) is 10.8 Å². The molecule has 0 aliphatic carbocycles. The van der Waals surface area contributed by atoms with Crippen LogP contribution in [0.5, 0.6) is 11.8 Å². The first-order valence-corrected chi connectivity index (χ1v) is 6.21. The Morgan fingerprint density at radius 3 is 2.26 bits per heavy atom. The van der Waals surface area contributed by atoms with Crippen molar-refractivity contribution >= 4 is 34.0 Å². The summed E-state index contributed by atoms with van der Waals surface area (Å²) >= 11 is 11.4. The molecule has 0 unspecified atom stereocenters. The number of rotatable bonds is 2. The number of fused-ring (bicyclic) bond motifs is 1. The summed E-state index contributed by atoms with van der Waals surface area (Å²) in [6.45, 7) is 0. The number of ether oxygens (including phenoxy) is 1. The van der Waals surface area contributed by atoms with E-state index in [1.807, 2.05) is 42.5 Å². The fourth-order valence-corrected chi connectivity index (χ4v) is 2.09. The molecule has 94 valence electrons. The quantitative estimate of drug-likeness (QED) is 0.712. The molecule has 1 aromatic heterocycles. The van der Waals surface area contributed by atoms with Crippen LogP contribution in [0.4, 0.5) is 0 Å². The number of nitrogens with zero attached hydrogens (tertiary/aromatic N) is 3. The third-order valence-corrected chi connectivity index (χ3v) is 2.85. The van der Waals surface area contributed by atoms with Crippen molar-refractivity contribution in [3.8, 4) is 11.8 Å². The van der Waals surface area contributed by atoms with Crippen LogP contribution in [0.1, 0.15) is 0 Å². The highest BCUT2D eigenvalue weighted by Gasteiger charge is 2.08. The lowest BCUT2D eigenvalue weighted by molar-refractivity contribution is 0.444. The number of hydrogen-bond donors (Lipinski definition) is 0. The molecule has 0 saturated heterocycles. The molecule has 0 N–H and O–H groups in total. The predicted octanol–water partition coefficient (Wildman–Crippen LogP) is 4.12. The first kappa shape index (κ1) is 12.1. The Morgan fingerprint density at radius 1 is 0.789 bits per heavy atom. The van der Waals surface area contributed by atoms with Crippen molar-refractivity contribution in [3.63, 3.8) is 0 Å². The lowest BCUT2D eigenvalue weighted by Crippen LogP contribution is -1.95. The van der Waals surface area contributed by atoms with Gasteiger partial charge in [-0.05, 0) is 34.7 Å². The van der Waals surface area contributed by atoms with Gasteiger partial charge in [0.1, 0.15) is 5.75 Å². The second kappa shape index (κ2) is 4.99. The van der Waals surface area contributed by atoms with Gasteiger partial charge in [0.15, 0.2) is 0 Å². The summed E-state index contributed by atoms with van der Waals surface area (Å²) in [5.74, 6) is 0.636. The van der Waals surface area contributed by atoms with Gasteiger partial charge in [0.2, 0.25) is 10.6 Å². The van der Waals surface area contributed by atoms with Crippen molar-refractivity contribution in [1.29, 1.82) is 0 Å². The minimum atomic E-state index is -0.00441. The van der Waals surface area contributed by atoms with Gasteiger partial charge in [0, 0.05) is 5.39 Å². The maximum Gasteiger partial charge on any atom is 0.327 e. The van der Waals surface area contributed by atoms with Gasteiger partial charge in [-0.25, -0.2) is 0 Å². The number of hydrogen-bond acceptors (Lipinski definition) is 4. The molecule has 3 rings (SSSR count). The van der Waals surface area contributed by atoms with Gasteiger partial charge in [0.05, 0.1) is 0 Å². The molecular weight excluding hydrogens is 285 g/mol. The average Bonchev–Trinajstić information content (AvgIpc) is 2.38. The average molecular weight is 292 g/mol. The van der Waals surface area contributed by atoms with Crippen molar-refractivity contribution in [2.24, 2.45) is 0 Å². The van der Waals surface area contributed by atoms with E-state index in [1.54, 1.807) is 0 Å². The van der Waals surface area contributed by atoms with Crippen LogP contribution >= 0.6 is 23.2 Å².